The molecule has 1 saturated heterocycles. The highest BCUT2D eigenvalue weighted by Crippen LogP contribution is 2.15. The standard InChI is InChI=1S/C11H22N2O2/c1-4-8(2)10(12)11(14)13-6-5-9(7-13)15-3/h8-10H,4-7,12H2,1-3H3/t8?,9?,10-/m0/s1. The minimum Gasteiger partial charge on any atom is -0.380 e. The van der Waals surface area contributed by atoms with Crippen LogP contribution in [0.2, 0.25) is 0 Å². The van der Waals surface area contributed by atoms with E-state index in [1.165, 1.54) is 0 Å². The van der Waals surface area contributed by atoms with Gasteiger partial charge in [-0.05, 0) is 12.3 Å². The van der Waals surface area contributed by atoms with E-state index in [0.29, 0.717) is 6.54 Å². The zero-order valence-electron chi connectivity index (χ0n) is 9.90. The van der Waals surface area contributed by atoms with Crippen LogP contribution < -0.4 is 5.73 Å². The average Bonchev–Trinajstić information content (AvgIpc) is 2.74. The molecule has 4 nitrogen and oxygen atoms in total. The summed E-state index contributed by atoms with van der Waals surface area (Å²) in [5, 5.41) is 0. The fraction of sp³-hybridized carbons (Fsp3) is 0.909. The number of carbonyl (C=O) groups is 1. The van der Waals surface area contributed by atoms with Crippen LogP contribution in [0.25, 0.3) is 0 Å². The Morgan fingerprint density at radius 1 is 1.67 bits per heavy atom. The van der Waals surface area contributed by atoms with Crippen molar-refractivity contribution in [2.75, 3.05) is 20.2 Å². The number of nitrogens with two attached hydrogens (primary N) is 1. The first kappa shape index (κ1) is 12.5. The van der Waals surface area contributed by atoms with E-state index < -0.39 is 0 Å². The molecule has 0 aromatic rings. The maximum absolute atomic E-state index is 12.0. The Hall–Kier alpha value is -0.610. The molecule has 0 aromatic carbocycles. The van der Waals surface area contributed by atoms with Crippen molar-refractivity contribution in [2.45, 2.75) is 38.8 Å². The lowest BCUT2D eigenvalue weighted by molar-refractivity contribution is -0.133. The Bertz CT molecular complexity index is 221. The van der Waals surface area contributed by atoms with E-state index in [-0.39, 0.29) is 24.0 Å². The van der Waals surface area contributed by atoms with Gasteiger partial charge in [0, 0.05) is 20.2 Å². The largest absolute Gasteiger partial charge is 0.380 e. The van der Waals surface area contributed by atoms with Gasteiger partial charge in [-0.1, -0.05) is 20.3 Å². The summed E-state index contributed by atoms with van der Waals surface area (Å²) in [5.74, 6) is 0.322. The molecule has 0 saturated carbocycles. The van der Waals surface area contributed by atoms with Gasteiger partial charge in [-0.15, -0.1) is 0 Å². The normalized spacial score (nSPS) is 25.3. The first-order chi connectivity index (χ1) is 7.10. The van der Waals surface area contributed by atoms with Crippen LogP contribution in [0.3, 0.4) is 0 Å². The van der Waals surface area contributed by atoms with Gasteiger partial charge in [-0.2, -0.15) is 0 Å². The fourth-order valence-corrected chi connectivity index (χ4v) is 1.83. The van der Waals surface area contributed by atoms with Gasteiger partial charge >= 0.3 is 0 Å². The second-order valence-corrected chi connectivity index (χ2v) is 4.34. The van der Waals surface area contributed by atoms with Gasteiger partial charge in [0.1, 0.15) is 0 Å². The van der Waals surface area contributed by atoms with E-state index in [2.05, 4.69) is 6.92 Å². The summed E-state index contributed by atoms with van der Waals surface area (Å²) in [6.07, 6.45) is 2.06. The maximum atomic E-state index is 12.0. The average molecular weight is 214 g/mol. The zero-order valence-corrected chi connectivity index (χ0v) is 9.90. The van der Waals surface area contributed by atoms with Crippen LogP contribution in [0.1, 0.15) is 26.7 Å². The molecule has 0 aliphatic carbocycles. The van der Waals surface area contributed by atoms with E-state index >= 15 is 0 Å². The lowest BCUT2D eigenvalue weighted by Crippen LogP contribution is -2.46. The van der Waals surface area contributed by atoms with Crippen molar-refractivity contribution in [3.8, 4) is 0 Å². The molecule has 2 unspecified atom stereocenters. The SMILES string of the molecule is CCC(C)[C@H](N)C(=O)N1CCC(OC)C1. The van der Waals surface area contributed by atoms with Crippen molar-refractivity contribution in [3.63, 3.8) is 0 Å². The van der Waals surface area contributed by atoms with Gasteiger partial charge in [-0.25, -0.2) is 0 Å². The summed E-state index contributed by atoms with van der Waals surface area (Å²) in [7, 11) is 1.69. The van der Waals surface area contributed by atoms with Crippen LogP contribution in [-0.2, 0) is 9.53 Å². The second-order valence-electron chi connectivity index (χ2n) is 4.34. The van der Waals surface area contributed by atoms with Crippen molar-refractivity contribution in [2.24, 2.45) is 11.7 Å². The minimum absolute atomic E-state index is 0.0731. The van der Waals surface area contributed by atoms with E-state index in [1.807, 2.05) is 11.8 Å². The highest BCUT2D eigenvalue weighted by Gasteiger charge is 2.30. The minimum atomic E-state index is -0.356. The Morgan fingerprint density at radius 2 is 2.33 bits per heavy atom. The first-order valence-electron chi connectivity index (χ1n) is 5.67. The van der Waals surface area contributed by atoms with Crippen molar-refractivity contribution >= 4 is 5.91 Å². The van der Waals surface area contributed by atoms with Gasteiger partial charge in [0.2, 0.25) is 5.91 Å². The number of carbonyl (C=O) groups excluding carboxylic acids is 1. The molecule has 1 fully saturated rings. The Morgan fingerprint density at radius 3 is 2.80 bits per heavy atom. The van der Waals surface area contributed by atoms with Crippen molar-refractivity contribution in [1.82, 2.24) is 4.90 Å². The molecular formula is C11H22N2O2. The predicted molar refractivity (Wildman–Crippen MR) is 59.4 cm³/mol. The number of nitrogens with zero attached hydrogens (tertiary/aromatic N) is 1. The highest BCUT2D eigenvalue weighted by atomic mass is 16.5. The molecule has 1 amide bonds. The molecule has 88 valence electrons. The number of hydrogen-bond acceptors (Lipinski definition) is 3. The van der Waals surface area contributed by atoms with E-state index in [0.717, 1.165) is 19.4 Å². The smallest absolute Gasteiger partial charge is 0.239 e. The molecule has 0 radical (unpaired) electrons. The predicted octanol–water partition coefficient (Wildman–Crippen LogP) is 0.607. The fourth-order valence-electron chi connectivity index (χ4n) is 1.83. The number of ether oxygens (including phenoxy) is 1. The molecule has 0 aromatic heterocycles. The summed E-state index contributed by atoms with van der Waals surface area (Å²) in [6.45, 7) is 5.55. The van der Waals surface area contributed by atoms with Crippen LogP contribution >= 0.6 is 0 Å². The van der Waals surface area contributed by atoms with Crippen molar-refractivity contribution in [3.05, 3.63) is 0 Å². The molecule has 4 heteroatoms. The molecule has 1 rings (SSSR count). The van der Waals surface area contributed by atoms with Crippen molar-refractivity contribution in [1.29, 1.82) is 0 Å². The summed E-state index contributed by atoms with van der Waals surface area (Å²) in [4.78, 5) is 13.8. The number of likely N-dealkylation sites (tertiary alicyclic amines) is 1. The van der Waals surface area contributed by atoms with Crippen LogP contribution in [0.15, 0.2) is 0 Å². The van der Waals surface area contributed by atoms with Crippen molar-refractivity contribution < 1.29 is 9.53 Å². The Kier molecular flexibility index (Phi) is 4.54. The Labute approximate surface area is 91.8 Å². The number of rotatable bonds is 4. The zero-order chi connectivity index (χ0) is 11.4. The lowest BCUT2D eigenvalue weighted by Gasteiger charge is -2.24. The number of hydrogen-bond donors (Lipinski definition) is 1. The molecular weight excluding hydrogens is 192 g/mol. The quantitative estimate of drug-likeness (QED) is 0.746. The summed E-state index contributed by atoms with van der Waals surface area (Å²) in [6, 6.07) is -0.356. The van der Waals surface area contributed by atoms with Crippen LogP contribution in [0.4, 0.5) is 0 Å². The number of amides is 1. The number of methoxy groups -OCH3 is 1. The van der Waals surface area contributed by atoms with Gasteiger partial charge in [-0.3, -0.25) is 4.79 Å². The Balaban J connectivity index is 2.47. The molecule has 1 aliphatic heterocycles. The molecule has 0 bridgehead atoms. The highest BCUT2D eigenvalue weighted by molar-refractivity contribution is 5.82. The third-order valence-electron chi connectivity index (χ3n) is 3.33. The molecule has 1 aliphatic rings. The second kappa shape index (κ2) is 5.47. The van der Waals surface area contributed by atoms with Gasteiger partial charge < -0.3 is 15.4 Å². The van der Waals surface area contributed by atoms with Gasteiger partial charge in [0.05, 0.1) is 12.1 Å². The van der Waals surface area contributed by atoms with Gasteiger partial charge in [0.15, 0.2) is 0 Å². The topological polar surface area (TPSA) is 55.6 Å². The van der Waals surface area contributed by atoms with E-state index in [4.69, 9.17) is 10.5 Å². The van der Waals surface area contributed by atoms with E-state index in [1.54, 1.807) is 7.11 Å². The summed E-state index contributed by atoms with van der Waals surface area (Å²) >= 11 is 0. The third-order valence-corrected chi connectivity index (χ3v) is 3.33. The summed E-state index contributed by atoms with van der Waals surface area (Å²) < 4.78 is 5.22. The molecule has 1 heterocycles. The van der Waals surface area contributed by atoms with Crippen LogP contribution in [0.5, 0.6) is 0 Å². The molecule has 2 N–H and O–H groups in total. The molecule has 3 atom stereocenters. The van der Waals surface area contributed by atoms with Crippen LogP contribution in [0, 0.1) is 5.92 Å². The van der Waals surface area contributed by atoms with Gasteiger partial charge in [0.25, 0.3) is 0 Å². The molecule has 0 spiro atoms. The van der Waals surface area contributed by atoms with Crippen LogP contribution in [-0.4, -0.2) is 43.2 Å². The molecule has 15 heavy (non-hydrogen) atoms. The first-order valence-corrected chi connectivity index (χ1v) is 5.67. The summed E-state index contributed by atoms with van der Waals surface area (Å²) in [5.41, 5.74) is 5.91. The lowest BCUT2D eigenvalue weighted by atomic mass is 9.99. The maximum Gasteiger partial charge on any atom is 0.239 e. The monoisotopic (exact) mass is 214 g/mol. The van der Waals surface area contributed by atoms with E-state index in [9.17, 15) is 4.79 Å². The third kappa shape index (κ3) is 2.92.